The maximum absolute atomic E-state index is 13.1. The minimum Gasteiger partial charge on any atom is -0.494 e. The second kappa shape index (κ2) is 7.09. The number of halogens is 1. The number of rotatable bonds is 5. The predicted octanol–water partition coefficient (Wildman–Crippen LogP) is 2.76. The molecule has 0 radical (unpaired) electrons. The number of amides is 1. The first-order chi connectivity index (χ1) is 10.6. The molecule has 0 saturated heterocycles. The van der Waals surface area contributed by atoms with Gasteiger partial charge in [0.15, 0.2) is 0 Å². The van der Waals surface area contributed by atoms with Gasteiger partial charge in [0.1, 0.15) is 11.6 Å². The second-order valence-corrected chi connectivity index (χ2v) is 4.44. The standard InChI is InChI=1S/C16H14FN3O2/c1-22-15-8-12(17)4-7-14(15)20-16(21)10-19-13-5-2-11(9-18)3-6-13/h2-8,19H,10H2,1H3,(H,20,21). The van der Waals surface area contributed by atoms with Gasteiger partial charge in [0.2, 0.25) is 5.91 Å². The van der Waals surface area contributed by atoms with Gasteiger partial charge in [-0.05, 0) is 36.4 Å². The van der Waals surface area contributed by atoms with Crippen molar-refractivity contribution in [2.75, 3.05) is 24.3 Å². The monoisotopic (exact) mass is 299 g/mol. The number of hydrogen-bond donors (Lipinski definition) is 2. The van der Waals surface area contributed by atoms with E-state index in [1.165, 1.54) is 25.3 Å². The zero-order chi connectivity index (χ0) is 15.9. The van der Waals surface area contributed by atoms with E-state index in [-0.39, 0.29) is 18.2 Å². The average molecular weight is 299 g/mol. The van der Waals surface area contributed by atoms with Gasteiger partial charge in [0.25, 0.3) is 0 Å². The van der Waals surface area contributed by atoms with Crippen LogP contribution in [0.15, 0.2) is 42.5 Å². The molecule has 2 N–H and O–H groups in total. The minimum absolute atomic E-state index is 0.0342. The third-order valence-electron chi connectivity index (χ3n) is 2.90. The van der Waals surface area contributed by atoms with Gasteiger partial charge in [-0.15, -0.1) is 0 Å². The molecular formula is C16H14FN3O2. The van der Waals surface area contributed by atoms with Crippen LogP contribution in [0.5, 0.6) is 5.75 Å². The molecule has 2 rings (SSSR count). The highest BCUT2D eigenvalue weighted by Crippen LogP contribution is 2.24. The summed E-state index contributed by atoms with van der Waals surface area (Å²) in [5.41, 5.74) is 1.67. The molecule has 5 nitrogen and oxygen atoms in total. The quantitative estimate of drug-likeness (QED) is 0.890. The Balaban J connectivity index is 1.94. The average Bonchev–Trinajstić information content (AvgIpc) is 2.55. The summed E-state index contributed by atoms with van der Waals surface area (Å²) in [4.78, 5) is 11.9. The van der Waals surface area contributed by atoms with Crippen molar-refractivity contribution in [2.45, 2.75) is 0 Å². The smallest absolute Gasteiger partial charge is 0.243 e. The molecule has 6 heteroatoms. The molecule has 2 aromatic rings. The minimum atomic E-state index is -0.439. The summed E-state index contributed by atoms with van der Waals surface area (Å²) in [6, 6.07) is 12.6. The summed E-state index contributed by atoms with van der Waals surface area (Å²) in [5.74, 6) is -0.480. The van der Waals surface area contributed by atoms with Crippen molar-refractivity contribution in [3.63, 3.8) is 0 Å². The highest BCUT2D eigenvalue weighted by Gasteiger charge is 2.08. The number of nitriles is 1. The first-order valence-corrected chi connectivity index (χ1v) is 6.50. The van der Waals surface area contributed by atoms with E-state index in [2.05, 4.69) is 10.6 Å². The Morgan fingerprint density at radius 2 is 2.00 bits per heavy atom. The largest absolute Gasteiger partial charge is 0.494 e. The maximum Gasteiger partial charge on any atom is 0.243 e. The molecule has 2 aromatic carbocycles. The fraction of sp³-hybridized carbons (Fsp3) is 0.125. The number of hydrogen-bond acceptors (Lipinski definition) is 4. The van der Waals surface area contributed by atoms with E-state index >= 15 is 0 Å². The summed E-state index contributed by atoms with van der Waals surface area (Å²) in [7, 11) is 1.40. The van der Waals surface area contributed by atoms with Crippen LogP contribution in [-0.2, 0) is 4.79 Å². The van der Waals surface area contributed by atoms with Crippen LogP contribution >= 0.6 is 0 Å². The van der Waals surface area contributed by atoms with Gasteiger partial charge in [-0.1, -0.05) is 0 Å². The third-order valence-corrected chi connectivity index (χ3v) is 2.90. The predicted molar refractivity (Wildman–Crippen MR) is 81.2 cm³/mol. The van der Waals surface area contributed by atoms with E-state index in [0.717, 1.165) is 5.69 Å². The van der Waals surface area contributed by atoms with Crippen LogP contribution in [0.1, 0.15) is 5.56 Å². The number of carbonyl (C=O) groups is 1. The van der Waals surface area contributed by atoms with Crippen molar-refractivity contribution in [3.05, 3.63) is 53.8 Å². The molecule has 0 aliphatic carbocycles. The second-order valence-electron chi connectivity index (χ2n) is 4.44. The van der Waals surface area contributed by atoms with Crippen molar-refractivity contribution in [3.8, 4) is 11.8 Å². The number of methoxy groups -OCH3 is 1. The van der Waals surface area contributed by atoms with Crippen LogP contribution in [0.3, 0.4) is 0 Å². The Hall–Kier alpha value is -3.07. The molecule has 0 spiro atoms. The van der Waals surface area contributed by atoms with E-state index < -0.39 is 5.82 Å². The van der Waals surface area contributed by atoms with Gasteiger partial charge in [0, 0.05) is 11.8 Å². The fourth-order valence-electron chi connectivity index (χ4n) is 1.81. The van der Waals surface area contributed by atoms with Gasteiger partial charge in [0.05, 0.1) is 31.0 Å². The molecule has 22 heavy (non-hydrogen) atoms. The van der Waals surface area contributed by atoms with Gasteiger partial charge < -0.3 is 15.4 Å². The molecule has 0 atom stereocenters. The summed E-state index contributed by atoms with van der Waals surface area (Å²) < 4.78 is 18.1. The SMILES string of the molecule is COc1cc(F)ccc1NC(=O)CNc1ccc(C#N)cc1. The van der Waals surface area contributed by atoms with Crippen LogP contribution in [0, 0.1) is 17.1 Å². The van der Waals surface area contributed by atoms with Crippen LogP contribution < -0.4 is 15.4 Å². The van der Waals surface area contributed by atoms with E-state index in [9.17, 15) is 9.18 Å². The topological polar surface area (TPSA) is 74.2 Å². The number of benzene rings is 2. The summed E-state index contributed by atoms with van der Waals surface area (Å²) >= 11 is 0. The van der Waals surface area contributed by atoms with E-state index in [1.54, 1.807) is 24.3 Å². The lowest BCUT2D eigenvalue weighted by Gasteiger charge is -2.11. The third kappa shape index (κ3) is 3.96. The highest BCUT2D eigenvalue weighted by molar-refractivity contribution is 5.95. The molecule has 1 amide bonds. The van der Waals surface area contributed by atoms with Crippen molar-refractivity contribution in [1.29, 1.82) is 5.26 Å². The molecule has 0 saturated carbocycles. The lowest BCUT2D eigenvalue weighted by Crippen LogP contribution is -2.22. The van der Waals surface area contributed by atoms with Crippen LogP contribution in [0.2, 0.25) is 0 Å². The Bertz CT molecular complexity index is 708. The fourth-order valence-corrected chi connectivity index (χ4v) is 1.81. The Labute approximate surface area is 127 Å². The van der Waals surface area contributed by atoms with Crippen molar-refractivity contribution in [2.24, 2.45) is 0 Å². The molecule has 0 heterocycles. The van der Waals surface area contributed by atoms with Crippen molar-refractivity contribution < 1.29 is 13.9 Å². The van der Waals surface area contributed by atoms with Gasteiger partial charge in [-0.2, -0.15) is 5.26 Å². The zero-order valence-corrected chi connectivity index (χ0v) is 11.9. The number of ether oxygens (including phenoxy) is 1. The summed E-state index contributed by atoms with van der Waals surface area (Å²) in [6.07, 6.45) is 0. The zero-order valence-electron chi connectivity index (χ0n) is 11.9. The lowest BCUT2D eigenvalue weighted by molar-refractivity contribution is -0.114. The highest BCUT2D eigenvalue weighted by atomic mass is 19.1. The van der Waals surface area contributed by atoms with Gasteiger partial charge >= 0.3 is 0 Å². The van der Waals surface area contributed by atoms with E-state index in [4.69, 9.17) is 10.00 Å². The first-order valence-electron chi connectivity index (χ1n) is 6.50. The Morgan fingerprint density at radius 1 is 1.27 bits per heavy atom. The van der Waals surface area contributed by atoms with Crippen LogP contribution in [0.4, 0.5) is 15.8 Å². The van der Waals surface area contributed by atoms with E-state index in [1.807, 2.05) is 6.07 Å². The first kappa shape index (κ1) is 15.3. The van der Waals surface area contributed by atoms with Gasteiger partial charge in [-0.25, -0.2) is 4.39 Å². The number of nitrogens with zero attached hydrogens (tertiary/aromatic N) is 1. The molecule has 0 aliphatic rings. The number of carbonyl (C=O) groups excluding carboxylic acids is 1. The summed E-state index contributed by atoms with van der Waals surface area (Å²) in [6.45, 7) is 0.0342. The Morgan fingerprint density at radius 3 is 2.64 bits per heavy atom. The van der Waals surface area contributed by atoms with Crippen LogP contribution in [-0.4, -0.2) is 19.6 Å². The Kier molecular flexibility index (Phi) is 4.94. The van der Waals surface area contributed by atoms with Crippen molar-refractivity contribution in [1.82, 2.24) is 0 Å². The molecular weight excluding hydrogens is 285 g/mol. The molecule has 0 fully saturated rings. The van der Waals surface area contributed by atoms with Crippen molar-refractivity contribution >= 4 is 17.3 Å². The number of anilines is 2. The van der Waals surface area contributed by atoms with Gasteiger partial charge in [-0.3, -0.25) is 4.79 Å². The molecule has 0 unspecified atom stereocenters. The molecule has 0 aromatic heterocycles. The summed E-state index contributed by atoms with van der Waals surface area (Å²) in [5, 5.41) is 14.3. The lowest BCUT2D eigenvalue weighted by atomic mass is 10.2. The normalized spacial score (nSPS) is 9.68. The maximum atomic E-state index is 13.1. The van der Waals surface area contributed by atoms with E-state index in [0.29, 0.717) is 11.3 Å². The number of nitrogens with one attached hydrogen (secondary N) is 2. The molecule has 112 valence electrons. The molecule has 0 bridgehead atoms. The van der Waals surface area contributed by atoms with Crippen LogP contribution in [0.25, 0.3) is 0 Å². The molecule has 0 aliphatic heterocycles.